The van der Waals surface area contributed by atoms with Crippen molar-refractivity contribution < 1.29 is 19.4 Å². The van der Waals surface area contributed by atoms with Crippen molar-refractivity contribution >= 4 is 23.5 Å². The van der Waals surface area contributed by atoms with Crippen molar-refractivity contribution in [1.29, 1.82) is 0 Å². The number of halogens is 1. The van der Waals surface area contributed by atoms with Gasteiger partial charge in [-0.15, -0.1) is 0 Å². The maximum atomic E-state index is 11.5. The van der Waals surface area contributed by atoms with Gasteiger partial charge in [0.25, 0.3) is 5.91 Å². The van der Waals surface area contributed by atoms with Crippen LogP contribution in [0.25, 0.3) is 0 Å². The zero-order valence-corrected chi connectivity index (χ0v) is 10.8. The first-order chi connectivity index (χ1) is 8.31. The van der Waals surface area contributed by atoms with Gasteiger partial charge < -0.3 is 15.2 Å². The lowest BCUT2D eigenvalue weighted by molar-refractivity contribution is -0.146. The Balaban J connectivity index is 2.50. The highest BCUT2D eigenvalue weighted by atomic mass is 35.5. The zero-order chi connectivity index (χ0) is 13.8. The topological polar surface area (TPSA) is 75.6 Å². The highest BCUT2D eigenvalue weighted by Crippen LogP contribution is 2.16. The van der Waals surface area contributed by atoms with Gasteiger partial charge in [0.2, 0.25) is 0 Å². The smallest absolute Gasteiger partial charge is 0.328 e. The fourth-order valence-electron chi connectivity index (χ4n) is 1.14. The van der Waals surface area contributed by atoms with E-state index in [-0.39, 0.29) is 6.61 Å². The van der Waals surface area contributed by atoms with Crippen LogP contribution < -0.4 is 10.1 Å². The maximum Gasteiger partial charge on any atom is 0.328 e. The highest BCUT2D eigenvalue weighted by molar-refractivity contribution is 6.30. The van der Waals surface area contributed by atoms with Crippen LogP contribution in [0.15, 0.2) is 24.3 Å². The van der Waals surface area contributed by atoms with Gasteiger partial charge >= 0.3 is 5.97 Å². The Kier molecular flexibility index (Phi) is 4.55. The standard InChI is InChI=1S/C12H14ClNO4/c1-12(2,11(16)17)14-10(15)7-18-9-5-3-4-8(13)6-9/h3-6H,7H2,1-2H3,(H,14,15)(H,16,17). The van der Waals surface area contributed by atoms with Crippen LogP contribution in [-0.2, 0) is 9.59 Å². The lowest BCUT2D eigenvalue weighted by Gasteiger charge is -2.20. The Labute approximate surface area is 110 Å². The molecule has 0 saturated carbocycles. The molecule has 0 atom stereocenters. The average Bonchev–Trinajstić information content (AvgIpc) is 2.25. The number of ether oxygens (including phenoxy) is 1. The van der Waals surface area contributed by atoms with Gasteiger partial charge in [-0.1, -0.05) is 17.7 Å². The van der Waals surface area contributed by atoms with Crippen molar-refractivity contribution in [2.24, 2.45) is 0 Å². The monoisotopic (exact) mass is 271 g/mol. The largest absolute Gasteiger partial charge is 0.484 e. The van der Waals surface area contributed by atoms with Gasteiger partial charge in [0.1, 0.15) is 11.3 Å². The zero-order valence-electron chi connectivity index (χ0n) is 10.1. The minimum Gasteiger partial charge on any atom is -0.484 e. The van der Waals surface area contributed by atoms with Gasteiger partial charge in [-0.2, -0.15) is 0 Å². The molecule has 98 valence electrons. The molecule has 0 aromatic heterocycles. The number of carboxylic acid groups (broad SMARTS) is 1. The van der Waals surface area contributed by atoms with Crippen molar-refractivity contribution in [2.45, 2.75) is 19.4 Å². The lowest BCUT2D eigenvalue weighted by atomic mass is 10.1. The second kappa shape index (κ2) is 5.73. The predicted molar refractivity (Wildman–Crippen MR) is 66.8 cm³/mol. The quantitative estimate of drug-likeness (QED) is 0.855. The lowest BCUT2D eigenvalue weighted by Crippen LogP contribution is -2.51. The van der Waals surface area contributed by atoms with Crippen molar-refractivity contribution in [3.05, 3.63) is 29.3 Å². The summed E-state index contributed by atoms with van der Waals surface area (Å²) in [6.45, 7) is 2.52. The van der Waals surface area contributed by atoms with E-state index < -0.39 is 17.4 Å². The summed E-state index contributed by atoms with van der Waals surface area (Å²) in [5.74, 6) is -1.17. The van der Waals surface area contributed by atoms with E-state index in [0.29, 0.717) is 10.8 Å². The number of carboxylic acids is 1. The van der Waals surface area contributed by atoms with Crippen LogP contribution in [0, 0.1) is 0 Å². The minimum absolute atomic E-state index is 0.267. The van der Waals surface area contributed by atoms with E-state index in [4.69, 9.17) is 21.4 Å². The van der Waals surface area contributed by atoms with Gasteiger partial charge in [0, 0.05) is 5.02 Å². The van der Waals surface area contributed by atoms with E-state index >= 15 is 0 Å². The molecule has 0 spiro atoms. The summed E-state index contributed by atoms with van der Waals surface area (Å²) >= 11 is 5.75. The maximum absolute atomic E-state index is 11.5. The number of carbonyl (C=O) groups excluding carboxylic acids is 1. The SMILES string of the molecule is CC(C)(NC(=O)COc1cccc(Cl)c1)C(=O)O. The van der Waals surface area contributed by atoms with Crippen LogP contribution >= 0.6 is 11.6 Å². The molecule has 18 heavy (non-hydrogen) atoms. The van der Waals surface area contributed by atoms with Gasteiger partial charge in [-0.3, -0.25) is 4.79 Å². The number of benzene rings is 1. The van der Waals surface area contributed by atoms with Crippen LogP contribution in [0.2, 0.25) is 5.02 Å². The molecule has 5 nitrogen and oxygen atoms in total. The molecule has 0 aliphatic rings. The summed E-state index contributed by atoms with van der Waals surface area (Å²) in [4.78, 5) is 22.3. The van der Waals surface area contributed by atoms with Gasteiger partial charge in [0.15, 0.2) is 6.61 Å². The fourth-order valence-corrected chi connectivity index (χ4v) is 1.32. The Hall–Kier alpha value is -1.75. The third kappa shape index (κ3) is 4.25. The van der Waals surface area contributed by atoms with Gasteiger partial charge in [-0.25, -0.2) is 4.79 Å². The van der Waals surface area contributed by atoms with E-state index in [1.807, 2.05) is 0 Å². The van der Waals surface area contributed by atoms with Gasteiger partial charge in [-0.05, 0) is 32.0 Å². The molecule has 0 saturated heterocycles. The second-order valence-electron chi connectivity index (χ2n) is 4.22. The summed E-state index contributed by atoms with van der Waals surface area (Å²) in [7, 11) is 0. The van der Waals surface area contributed by atoms with Crippen LogP contribution in [-0.4, -0.2) is 29.1 Å². The first-order valence-electron chi connectivity index (χ1n) is 5.24. The van der Waals surface area contributed by atoms with E-state index in [1.54, 1.807) is 24.3 Å². The van der Waals surface area contributed by atoms with Crippen LogP contribution in [0.1, 0.15) is 13.8 Å². The molecular formula is C12H14ClNO4. The van der Waals surface area contributed by atoms with Crippen LogP contribution in [0.3, 0.4) is 0 Å². The molecule has 0 heterocycles. The molecule has 0 bridgehead atoms. The summed E-state index contributed by atoms with van der Waals surface area (Å²) in [6.07, 6.45) is 0. The first-order valence-corrected chi connectivity index (χ1v) is 5.62. The molecule has 1 aromatic rings. The summed E-state index contributed by atoms with van der Waals surface area (Å²) in [6, 6.07) is 6.59. The number of aliphatic carboxylic acids is 1. The van der Waals surface area contributed by atoms with Crippen LogP contribution in [0.4, 0.5) is 0 Å². The van der Waals surface area contributed by atoms with E-state index in [1.165, 1.54) is 13.8 Å². The van der Waals surface area contributed by atoms with E-state index in [0.717, 1.165) is 0 Å². The van der Waals surface area contributed by atoms with Gasteiger partial charge in [0.05, 0.1) is 0 Å². The minimum atomic E-state index is -1.32. The Morgan fingerprint density at radius 1 is 1.44 bits per heavy atom. The number of amides is 1. The molecule has 1 amide bonds. The van der Waals surface area contributed by atoms with Crippen LogP contribution in [0.5, 0.6) is 5.75 Å². The summed E-state index contributed by atoms with van der Waals surface area (Å²) < 4.78 is 5.18. The molecule has 1 aromatic carbocycles. The molecular weight excluding hydrogens is 258 g/mol. The molecule has 0 aliphatic heterocycles. The van der Waals surface area contributed by atoms with E-state index in [9.17, 15) is 9.59 Å². The molecule has 6 heteroatoms. The van der Waals surface area contributed by atoms with Crippen molar-refractivity contribution in [3.63, 3.8) is 0 Å². The molecule has 2 N–H and O–H groups in total. The molecule has 0 fully saturated rings. The third-order valence-corrected chi connectivity index (χ3v) is 2.39. The Morgan fingerprint density at radius 2 is 2.11 bits per heavy atom. The van der Waals surface area contributed by atoms with E-state index in [2.05, 4.69) is 5.32 Å². The normalized spacial score (nSPS) is 10.8. The first kappa shape index (κ1) is 14.3. The highest BCUT2D eigenvalue weighted by Gasteiger charge is 2.28. The number of rotatable bonds is 5. The molecule has 0 unspecified atom stereocenters. The van der Waals surface area contributed by atoms with Crippen molar-refractivity contribution in [3.8, 4) is 5.75 Å². The Morgan fingerprint density at radius 3 is 2.67 bits per heavy atom. The average molecular weight is 272 g/mol. The summed E-state index contributed by atoms with van der Waals surface area (Å²) in [5, 5.41) is 11.7. The van der Waals surface area contributed by atoms with Crippen molar-refractivity contribution in [1.82, 2.24) is 5.32 Å². The number of hydrogen-bond donors (Lipinski definition) is 2. The molecule has 1 rings (SSSR count). The number of carbonyl (C=O) groups is 2. The number of hydrogen-bond acceptors (Lipinski definition) is 3. The fraction of sp³-hybridized carbons (Fsp3) is 0.333. The predicted octanol–water partition coefficient (Wildman–Crippen LogP) is 1.70. The van der Waals surface area contributed by atoms with Crippen molar-refractivity contribution in [2.75, 3.05) is 6.61 Å². The molecule has 0 aliphatic carbocycles. The third-order valence-electron chi connectivity index (χ3n) is 2.15. The number of nitrogens with one attached hydrogen (secondary N) is 1. The molecule has 0 radical (unpaired) electrons. The summed E-state index contributed by atoms with van der Waals surface area (Å²) in [5.41, 5.74) is -1.32. The Bertz CT molecular complexity index is 459. The second-order valence-corrected chi connectivity index (χ2v) is 4.66.